The van der Waals surface area contributed by atoms with Crippen LogP contribution in [0.1, 0.15) is 6.23 Å². The Hall–Kier alpha value is -2.21. The van der Waals surface area contributed by atoms with E-state index in [0.717, 1.165) is 0 Å². The number of aliphatic hydroxyl groups excluding tert-OH is 3. The van der Waals surface area contributed by atoms with Crippen molar-refractivity contribution >= 4 is 22.9 Å². The molecule has 11 heteroatoms. The summed E-state index contributed by atoms with van der Waals surface area (Å²) in [4.78, 5) is 22.0. The fourth-order valence-corrected chi connectivity index (χ4v) is 2.26. The molecule has 5 N–H and O–H groups in total. The number of nitrogens with two attached hydrogens (primary N) is 1. The number of nitrogens with zero attached hydrogens (tertiary/aromatic N) is 5. The van der Waals surface area contributed by atoms with E-state index in [1.54, 1.807) is 0 Å². The lowest BCUT2D eigenvalue weighted by molar-refractivity contribution is -0.0511. The fraction of sp³-hybridized carbons (Fsp3) is 0.500. The number of hydrogen-bond donors (Lipinski definition) is 4. The maximum Gasteiger partial charge on any atom is 0.295 e. The van der Waals surface area contributed by atoms with Gasteiger partial charge in [-0.05, 0) is 0 Å². The highest BCUT2D eigenvalue weighted by Crippen LogP contribution is 2.32. The summed E-state index contributed by atoms with van der Waals surface area (Å²) in [6.07, 6.45) is -3.25. The summed E-state index contributed by atoms with van der Waals surface area (Å²) in [5.74, 6) is -0.423. The highest BCUT2D eigenvalue weighted by Gasteiger charge is 2.44. The normalized spacial score (nSPS) is 29.1. The summed E-state index contributed by atoms with van der Waals surface area (Å²) in [5, 5.41) is 31.4. The molecule has 0 aromatic carbocycles. The third kappa shape index (κ3) is 2.03. The van der Waals surface area contributed by atoms with Crippen LogP contribution in [-0.4, -0.2) is 59.8 Å². The summed E-state index contributed by atoms with van der Waals surface area (Å²) in [7, 11) is 0. The third-order valence-corrected chi connectivity index (χ3v) is 3.31. The van der Waals surface area contributed by atoms with Crippen LogP contribution in [0.15, 0.2) is 11.5 Å². The fourth-order valence-electron chi connectivity index (χ4n) is 2.26. The van der Waals surface area contributed by atoms with E-state index >= 15 is 0 Å². The summed E-state index contributed by atoms with van der Waals surface area (Å²) >= 11 is 0. The topological polar surface area (TPSA) is 169 Å². The molecule has 1 aliphatic rings. The number of nitroso groups, excluding NO2 is 1. The van der Waals surface area contributed by atoms with Gasteiger partial charge in [-0.3, -0.25) is 4.57 Å². The second kappa shape index (κ2) is 4.96. The lowest BCUT2D eigenvalue weighted by Gasteiger charge is -2.16. The van der Waals surface area contributed by atoms with Crippen molar-refractivity contribution in [2.75, 3.05) is 12.3 Å². The highest BCUT2D eigenvalue weighted by molar-refractivity contribution is 5.82. The van der Waals surface area contributed by atoms with Crippen LogP contribution in [0.25, 0.3) is 11.2 Å². The molecule has 0 amide bonds. The number of hydrogen-bond acceptors (Lipinski definition) is 10. The van der Waals surface area contributed by atoms with E-state index in [1.807, 2.05) is 0 Å². The van der Waals surface area contributed by atoms with Gasteiger partial charge in [-0.1, -0.05) is 0 Å². The molecule has 4 atom stereocenters. The highest BCUT2D eigenvalue weighted by atomic mass is 16.6. The Morgan fingerprint density at radius 3 is 2.76 bits per heavy atom. The van der Waals surface area contributed by atoms with E-state index in [-0.39, 0.29) is 22.9 Å². The van der Waals surface area contributed by atoms with Crippen molar-refractivity contribution in [3.05, 3.63) is 11.2 Å². The van der Waals surface area contributed by atoms with Gasteiger partial charge in [0.1, 0.15) is 23.8 Å². The lowest BCUT2D eigenvalue weighted by Crippen LogP contribution is -2.33. The van der Waals surface area contributed by atoms with Crippen LogP contribution in [0.3, 0.4) is 0 Å². The van der Waals surface area contributed by atoms with Gasteiger partial charge in [-0.25, -0.2) is 4.98 Å². The van der Waals surface area contributed by atoms with Crippen LogP contribution < -0.4 is 5.73 Å². The number of nitrogen functional groups attached to an aromatic ring is 1. The predicted octanol–water partition coefficient (Wildman–Crippen LogP) is -1.58. The first-order valence-electron chi connectivity index (χ1n) is 6.02. The maximum absolute atomic E-state index is 10.6. The van der Waals surface area contributed by atoms with Crippen molar-refractivity contribution < 1.29 is 20.1 Å². The van der Waals surface area contributed by atoms with Crippen LogP contribution >= 0.6 is 0 Å². The largest absolute Gasteiger partial charge is 0.394 e. The molecule has 21 heavy (non-hydrogen) atoms. The van der Waals surface area contributed by atoms with Gasteiger partial charge in [-0.2, -0.15) is 9.97 Å². The molecular formula is C10H12N6O5. The summed E-state index contributed by atoms with van der Waals surface area (Å²) in [6.45, 7) is -0.459. The monoisotopic (exact) mass is 296 g/mol. The molecule has 0 spiro atoms. The molecule has 3 heterocycles. The minimum Gasteiger partial charge on any atom is -0.394 e. The lowest BCUT2D eigenvalue weighted by atomic mass is 10.1. The molecule has 0 bridgehead atoms. The number of imidazole rings is 1. The Labute approximate surface area is 117 Å². The molecule has 112 valence electrons. The number of ether oxygens (including phenoxy) is 1. The van der Waals surface area contributed by atoms with Gasteiger partial charge >= 0.3 is 0 Å². The Morgan fingerprint density at radius 1 is 1.38 bits per heavy atom. The van der Waals surface area contributed by atoms with Crippen molar-refractivity contribution in [3.8, 4) is 0 Å². The van der Waals surface area contributed by atoms with Gasteiger partial charge in [0, 0.05) is 5.18 Å². The zero-order valence-electron chi connectivity index (χ0n) is 10.6. The standard InChI is InChI=1S/C10H12N6O5/c11-7-4-8(14-10(13-7)15-20)16(2-12-4)9-6(19)5(18)3(1-17)21-9/h2-3,5-6,9,17-19H,1H2,(H2,11,13,14)/t3-,5-,6-,9-/m1/s1. The summed E-state index contributed by atoms with van der Waals surface area (Å²) in [6, 6.07) is 0. The van der Waals surface area contributed by atoms with Crippen LogP contribution in [0, 0.1) is 4.91 Å². The molecule has 0 saturated carbocycles. The van der Waals surface area contributed by atoms with Gasteiger partial charge in [0.2, 0.25) is 0 Å². The average molecular weight is 296 g/mol. The number of anilines is 1. The quantitative estimate of drug-likeness (QED) is 0.488. The van der Waals surface area contributed by atoms with Gasteiger partial charge in [0.05, 0.1) is 12.9 Å². The van der Waals surface area contributed by atoms with Crippen LogP contribution in [0.5, 0.6) is 0 Å². The average Bonchev–Trinajstić information content (AvgIpc) is 3.02. The molecule has 2 aromatic rings. The first-order valence-corrected chi connectivity index (χ1v) is 6.02. The Kier molecular flexibility index (Phi) is 3.25. The van der Waals surface area contributed by atoms with Crippen LogP contribution in [-0.2, 0) is 4.74 Å². The van der Waals surface area contributed by atoms with Crippen molar-refractivity contribution in [2.24, 2.45) is 5.18 Å². The molecule has 3 rings (SSSR count). The van der Waals surface area contributed by atoms with Gasteiger partial charge < -0.3 is 25.8 Å². The Morgan fingerprint density at radius 2 is 2.14 bits per heavy atom. The van der Waals surface area contributed by atoms with Gasteiger partial charge in [-0.15, -0.1) is 4.91 Å². The Bertz CT molecular complexity index is 690. The molecule has 1 aliphatic heterocycles. The van der Waals surface area contributed by atoms with E-state index in [9.17, 15) is 15.1 Å². The zero-order chi connectivity index (χ0) is 15.1. The van der Waals surface area contributed by atoms with Gasteiger partial charge in [0.15, 0.2) is 17.7 Å². The SMILES string of the molecule is Nc1nc(N=O)nc2c1ncn2[C@@H]1O[C@H](CO)[C@@H](O)[C@H]1O. The third-order valence-electron chi connectivity index (χ3n) is 3.31. The molecule has 0 radical (unpaired) electrons. The maximum atomic E-state index is 10.6. The molecule has 11 nitrogen and oxygen atoms in total. The second-order valence-corrected chi connectivity index (χ2v) is 4.55. The van der Waals surface area contributed by atoms with Crippen LogP contribution in [0.2, 0.25) is 0 Å². The van der Waals surface area contributed by atoms with E-state index in [2.05, 4.69) is 20.1 Å². The first kappa shape index (κ1) is 13.8. The zero-order valence-corrected chi connectivity index (χ0v) is 10.6. The number of rotatable bonds is 3. The molecule has 0 aliphatic carbocycles. The van der Waals surface area contributed by atoms with E-state index < -0.39 is 31.1 Å². The van der Waals surface area contributed by atoms with E-state index in [0.29, 0.717) is 0 Å². The van der Waals surface area contributed by atoms with E-state index in [4.69, 9.17) is 15.6 Å². The molecule has 1 saturated heterocycles. The predicted molar refractivity (Wildman–Crippen MR) is 68.2 cm³/mol. The van der Waals surface area contributed by atoms with Crippen molar-refractivity contribution in [1.82, 2.24) is 19.5 Å². The number of aliphatic hydroxyl groups is 3. The molecule has 0 unspecified atom stereocenters. The van der Waals surface area contributed by atoms with E-state index in [1.165, 1.54) is 10.9 Å². The summed E-state index contributed by atoms with van der Waals surface area (Å²) in [5.41, 5.74) is 5.98. The number of aromatic nitrogens is 4. The van der Waals surface area contributed by atoms with Crippen LogP contribution in [0.4, 0.5) is 11.8 Å². The molecule has 1 fully saturated rings. The van der Waals surface area contributed by atoms with Crippen molar-refractivity contribution in [2.45, 2.75) is 24.5 Å². The minimum atomic E-state index is -1.30. The smallest absolute Gasteiger partial charge is 0.295 e. The second-order valence-electron chi connectivity index (χ2n) is 4.55. The molecular weight excluding hydrogens is 284 g/mol. The van der Waals surface area contributed by atoms with Crippen molar-refractivity contribution in [1.29, 1.82) is 0 Å². The first-order chi connectivity index (χ1) is 10.1. The van der Waals surface area contributed by atoms with Gasteiger partial charge in [0.25, 0.3) is 5.95 Å². The Balaban J connectivity index is 2.09. The van der Waals surface area contributed by atoms with Crippen molar-refractivity contribution in [3.63, 3.8) is 0 Å². The number of fused-ring (bicyclic) bond motifs is 1. The minimum absolute atomic E-state index is 0.0416. The molecule has 2 aromatic heterocycles. The summed E-state index contributed by atoms with van der Waals surface area (Å²) < 4.78 is 6.66.